The second-order valence-corrected chi connectivity index (χ2v) is 5.20. The summed E-state index contributed by atoms with van der Waals surface area (Å²) in [7, 11) is 0. The first kappa shape index (κ1) is 16.5. The Morgan fingerprint density at radius 2 is 1.76 bits per heavy atom. The number of pyridine rings is 1. The van der Waals surface area contributed by atoms with Crippen molar-refractivity contribution in [3.8, 4) is 0 Å². The van der Waals surface area contributed by atoms with Crippen molar-refractivity contribution in [3.63, 3.8) is 0 Å². The van der Waals surface area contributed by atoms with Crippen LogP contribution in [0.15, 0.2) is 48.9 Å². The second-order valence-electron chi connectivity index (χ2n) is 4.77. The van der Waals surface area contributed by atoms with Crippen molar-refractivity contribution in [2.24, 2.45) is 0 Å². The van der Waals surface area contributed by atoms with Crippen LogP contribution in [0.25, 0.3) is 0 Å². The molecule has 0 fully saturated rings. The monoisotopic (exact) mass is 360 g/mol. The SMILES string of the molecule is O=[N+]([O-])c1c(Nc2ccc(Cl)cn2)ncnc1Nc1ccccc1F. The minimum atomic E-state index is -0.665. The number of benzene rings is 1. The molecule has 0 atom stereocenters. The van der Waals surface area contributed by atoms with Gasteiger partial charge in [-0.05, 0) is 24.3 Å². The molecule has 0 amide bonds. The zero-order chi connectivity index (χ0) is 17.8. The molecule has 2 N–H and O–H groups in total. The summed E-state index contributed by atoms with van der Waals surface area (Å²) in [5.41, 5.74) is -0.387. The van der Waals surface area contributed by atoms with Crippen LogP contribution in [0.4, 0.5) is 33.2 Å². The Bertz CT molecular complexity index is 922. The van der Waals surface area contributed by atoms with E-state index < -0.39 is 16.4 Å². The topological polar surface area (TPSA) is 106 Å². The number of aromatic nitrogens is 3. The van der Waals surface area contributed by atoms with E-state index in [1.54, 1.807) is 12.1 Å². The van der Waals surface area contributed by atoms with E-state index in [9.17, 15) is 14.5 Å². The van der Waals surface area contributed by atoms with E-state index in [1.807, 2.05) is 0 Å². The van der Waals surface area contributed by atoms with Gasteiger partial charge in [0.15, 0.2) is 0 Å². The van der Waals surface area contributed by atoms with Gasteiger partial charge in [-0.2, -0.15) is 0 Å². The van der Waals surface area contributed by atoms with Crippen LogP contribution in [0.5, 0.6) is 0 Å². The van der Waals surface area contributed by atoms with Gasteiger partial charge in [-0.25, -0.2) is 19.3 Å². The zero-order valence-electron chi connectivity index (χ0n) is 12.5. The molecule has 126 valence electrons. The average Bonchev–Trinajstić information content (AvgIpc) is 2.59. The molecule has 0 saturated carbocycles. The number of para-hydroxylation sites is 1. The minimum Gasteiger partial charge on any atom is -0.332 e. The fourth-order valence-corrected chi connectivity index (χ4v) is 2.11. The molecule has 0 radical (unpaired) electrons. The van der Waals surface area contributed by atoms with Crippen LogP contribution in [-0.2, 0) is 0 Å². The van der Waals surface area contributed by atoms with Crippen LogP contribution in [0.2, 0.25) is 5.02 Å². The smallest absolute Gasteiger partial charge is 0.332 e. The van der Waals surface area contributed by atoms with Crippen LogP contribution in [0.3, 0.4) is 0 Å². The molecule has 2 heterocycles. The highest BCUT2D eigenvalue weighted by molar-refractivity contribution is 6.30. The number of nitrogens with one attached hydrogen (secondary N) is 2. The zero-order valence-corrected chi connectivity index (χ0v) is 13.2. The van der Waals surface area contributed by atoms with E-state index in [0.29, 0.717) is 10.8 Å². The number of nitro groups is 1. The van der Waals surface area contributed by atoms with E-state index >= 15 is 0 Å². The predicted molar refractivity (Wildman–Crippen MR) is 90.9 cm³/mol. The summed E-state index contributed by atoms with van der Waals surface area (Å²) < 4.78 is 13.8. The van der Waals surface area contributed by atoms with Crippen LogP contribution in [0.1, 0.15) is 0 Å². The Kier molecular flexibility index (Phi) is 4.66. The van der Waals surface area contributed by atoms with E-state index in [0.717, 1.165) is 6.33 Å². The van der Waals surface area contributed by atoms with Gasteiger partial charge in [0.05, 0.1) is 15.6 Å². The molecule has 3 aromatic rings. The summed E-state index contributed by atoms with van der Waals surface area (Å²) in [5, 5.41) is 17.2. The number of hydrogen-bond donors (Lipinski definition) is 2. The molecule has 0 unspecified atom stereocenters. The van der Waals surface area contributed by atoms with Crippen LogP contribution >= 0.6 is 11.6 Å². The third-order valence-corrected chi connectivity index (χ3v) is 3.33. The van der Waals surface area contributed by atoms with Crippen molar-refractivity contribution >= 4 is 40.4 Å². The largest absolute Gasteiger partial charge is 0.353 e. The van der Waals surface area contributed by atoms with Gasteiger partial charge in [0.1, 0.15) is 18.0 Å². The van der Waals surface area contributed by atoms with E-state index in [-0.39, 0.29) is 17.3 Å². The number of halogens is 2. The predicted octanol–water partition coefficient (Wildman–Crippen LogP) is 4.06. The molecule has 0 saturated heterocycles. The Hall–Kier alpha value is -3.33. The standard InChI is InChI=1S/C15H10ClFN6O2/c16-9-5-6-12(18-7-9)22-15-13(23(24)25)14(19-8-20-15)21-11-4-2-1-3-10(11)17/h1-8H,(H2,18,19,20,21,22). The Labute approximate surface area is 145 Å². The molecule has 0 aliphatic carbocycles. The van der Waals surface area contributed by atoms with Gasteiger partial charge >= 0.3 is 5.69 Å². The lowest BCUT2D eigenvalue weighted by Gasteiger charge is -2.10. The molecule has 8 nitrogen and oxygen atoms in total. The molecule has 0 aliphatic heterocycles. The van der Waals surface area contributed by atoms with E-state index in [2.05, 4.69) is 25.6 Å². The lowest BCUT2D eigenvalue weighted by molar-refractivity contribution is -0.383. The van der Waals surface area contributed by atoms with Crippen molar-refractivity contribution in [1.82, 2.24) is 15.0 Å². The Balaban J connectivity index is 1.98. The number of hydrogen-bond acceptors (Lipinski definition) is 7. The summed E-state index contributed by atoms with van der Waals surface area (Å²) in [4.78, 5) is 22.5. The summed E-state index contributed by atoms with van der Waals surface area (Å²) in [6.07, 6.45) is 2.50. The van der Waals surface area contributed by atoms with Crippen molar-refractivity contribution in [3.05, 3.63) is 69.9 Å². The molecule has 0 aliphatic rings. The number of nitrogens with zero attached hydrogens (tertiary/aromatic N) is 4. The van der Waals surface area contributed by atoms with Crippen LogP contribution in [-0.4, -0.2) is 19.9 Å². The highest BCUT2D eigenvalue weighted by Crippen LogP contribution is 2.33. The molecule has 1 aromatic carbocycles. The van der Waals surface area contributed by atoms with Gasteiger partial charge in [0.25, 0.3) is 0 Å². The van der Waals surface area contributed by atoms with Crippen molar-refractivity contribution in [2.45, 2.75) is 0 Å². The Morgan fingerprint density at radius 1 is 1.04 bits per heavy atom. The summed E-state index contributed by atoms with van der Waals surface area (Å²) >= 11 is 5.76. The molecular formula is C15H10ClFN6O2. The van der Waals surface area contributed by atoms with Crippen molar-refractivity contribution in [2.75, 3.05) is 10.6 Å². The van der Waals surface area contributed by atoms with Crippen LogP contribution in [0, 0.1) is 15.9 Å². The normalized spacial score (nSPS) is 10.3. The first-order chi connectivity index (χ1) is 12.0. The van der Waals surface area contributed by atoms with Gasteiger partial charge in [-0.15, -0.1) is 0 Å². The molecule has 0 spiro atoms. The third kappa shape index (κ3) is 3.78. The lowest BCUT2D eigenvalue weighted by atomic mass is 10.3. The maximum absolute atomic E-state index is 13.8. The molecule has 25 heavy (non-hydrogen) atoms. The second kappa shape index (κ2) is 7.05. The molecular weight excluding hydrogens is 351 g/mol. The average molecular weight is 361 g/mol. The van der Waals surface area contributed by atoms with E-state index in [1.165, 1.54) is 30.5 Å². The van der Waals surface area contributed by atoms with Gasteiger partial charge in [0, 0.05) is 6.20 Å². The fraction of sp³-hybridized carbons (Fsp3) is 0. The number of rotatable bonds is 5. The fourth-order valence-electron chi connectivity index (χ4n) is 2.00. The summed E-state index contributed by atoms with van der Waals surface area (Å²) in [6.45, 7) is 0. The maximum atomic E-state index is 13.8. The molecule has 2 aromatic heterocycles. The maximum Gasteiger partial charge on any atom is 0.353 e. The van der Waals surface area contributed by atoms with E-state index in [4.69, 9.17) is 11.6 Å². The first-order valence-electron chi connectivity index (χ1n) is 6.94. The molecule has 10 heteroatoms. The van der Waals surface area contributed by atoms with Crippen LogP contribution < -0.4 is 10.6 Å². The molecule has 3 rings (SSSR count). The number of anilines is 4. The minimum absolute atomic E-state index is 0.0554. The highest BCUT2D eigenvalue weighted by atomic mass is 35.5. The quantitative estimate of drug-likeness (QED) is 0.522. The summed E-state index contributed by atoms with van der Waals surface area (Å²) in [6, 6.07) is 8.88. The summed E-state index contributed by atoms with van der Waals surface area (Å²) in [5.74, 6) is -0.498. The van der Waals surface area contributed by atoms with Gasteiger partial charge < -0.3 is 10.6 Å². The lowest BCUT2D eigenvalue weighted by Crippen LogP contribution is -2.06. The third-order valence-electron chi connectivity index (χ3n) is 3.11. The van der Waals surface area contributed by atoms with Gasteiger partial charge in [-0.1, -0.05) is 23.7 Å². The van der Waals surface area contributed by atoms with Gasteiger partial charge in [0.2, 0.25) is 11.6 Å². The van der Waals surface area contributed by atoms with Gasteiger partial charge in [-0.3, -0.25) is 10.1 Å². The highest BCUT2D eigenvalue weighted by Gasteiger charge is 2.24. The van der Waals surface area contributed by atoms with Crippen molar-refractivity contribution in [1.29, 1.82) is 0 Å². The molecule has 0 bridgehead atoms. The van der Waals surface area contributed by atoms with Crippen molar-refractivity contribution < 1.29 is 9.31 Å². The Morgan fingerprint density at radius 3 is 2.40 bits per heavy atom. The first-order valence-corrected chi connectivity index (χ1v) is 7.32.